The molecule has 5 nitrogen and oxygen atoms in total. The van der Waals surface area contributed by atoms with E-state index < -0.39 is 0 Å². The fourth-order valence-electron chi connectivity index (χ4n) is 4.17. The summed E-state index contributed by atoms with van der Waals surface area (Å²) < 4.78 is 0. The molecule has 2 aliphatic rings. The van der Waals surface area contributed by atoms with Crippen LogP contribution in [-0.4, -0.2) is 39.9 Å². The number of halogens is 1. The fraction of sp³-hybridized carbons (Fsp3) is 0.320. The molecule has 0 bridgehead atoms. The number of imide groups is 1. The van der Waals surface area contributed by atoms with Gasteiger partial charge in [-0.1, -0.05) is 55.1 Å². The standard InChI is InChI=1S/C25H25ClN2O3S/c1-27(21-8-3-2-4-9-21)23(29)19-12-10-17(11-13-19)15-22-24(30)28(25(31)32-22)16-18-6-5-7-20(26)14-18/h5-7,10-15,21H,2-4,8-9,16H2,1H3. The molecule has 2 aromatic rings. The molecule has 4 rings (SSSR count). The van der Waals surface area contributed by atoms with Crippen LogP contribution in [0, 0.1) is 0 Å². The highest BCUT2D eigenvalue weighted by Gasteiger charge is 2.35. The van der Waals surface area contributed by atoms with Crippen LogP contribution in [0.15, 0.2) is 53.4 Å². The fourth-order valence-corrected chi connectivity index (χ4v) is 5.22. The van der Waals surface area contributed by atoms with Gasteiger partial charge in [0.05, 0.1) is 11.4 Å². The van der Waals surface area contributed by atoms with Gasteiger partial charge in [-0.05, 0) is 66.1 Å². The van der Waals surface area contributed by atoms with Gasteiger partial charge >= 0.3 is 0 Å². The summed E-state index contributed by atoms with van der Waals surface area (Å²) in [5.74, 6) is -0.303. The van der Waals surface area contributed by atoms with Gasteiger partial charge < -0.3 is 4.90 Å². The van der Waals surface area contributed by atoms with Crippen LogP contribution in [0.3, 0.4) is 0 Å². The smallest absolute Gasteiger partial charge is 0.293 e. The van der Waals surface area contributed by atoms with Gasteiger partial charge in [-0.15, -0.1) is 0 Å². The summed E-state index contributed by atoms with van der Waals surface area (Å²) in [4.78, 5) is 41.4. The van der Waals surface area contributed by atoms with Gasteiger partial charge in [0.2, 0.25) is 0 Å². The van der Waals surface area contributed by atoms with Crippen molar-refractivity contribution in [2.24, 2.45) is 0 Å². The zero-order valence-corrected chi connectivity index (χ0v) is 19.5. The van der Waals surface area contributed by atoms with Crippen LogP contribution in [0.1, 0.15) is 53.6 Å². The lowest BCUT2D eigenvalue weighted by Crippen LogP contribution is -2.38. The van der Waals surface area contributed by atoms with Crippen molar-refractivity contribution in [3.05, 3.63) is 75.1 Å². The largest absolute Gasteiger partial charge is 0.339 e. The molecule has 7 heteroatoms. The predicted octanol–water partition coefficient (Wildman–Crippen LogP) is 5.98. The first kappa shape index (κ1) is 22.6. The second kappa shape index (κ2) is 9.92. The van der Waals surface area contributed by atoms with Crippen molar-refractivity contribution >= 4 is 46.5 Å². The van der Waals surface area contributed by atoms with Crippen LogP contribution in [-0.2, 0) is 11.3 Å². The molecule has 0 radical (unpaired) electrons. The van der Waals surface area contributed by atoms with Gasteiger partial charge in [0.15, 0.2) is 0 Å². The molecular formula is C25H25ClN2O3S. The Labute approximate surface area is 197 Å². The number of carbonyl (C=O) groups is 3. The minimum absolute atomic E-state index is 0.0188. The first-order valence-electron chi connectivity index (χ1n) is 10.8. The highest BCUT2D eigenvalue weighted by atomic mass is 35.5. The molecule has 1 saturated heterocycles. The average molecular weight is 469 g/mol. The second-order valence-electron chi connectivity index (χ2n) is 8.23. The quantitative estimate of drug-likeness (QED) is 0.506. The van der Waals surface area contributed by atoms with Crippen LogP contribution in [0.25, 0.3) is 6.08 Å². The molecule has 1 aliphatic carbocycles. The van der Waals surface area contributed by atoms with Gasteiger partial charge in [-0.25, -0.2) is 0 Å². The number of nitrogens with zero attached hydrogens (tertiary/aromatic N) is 2. The van der Waals surface area contributed by atoms with Crippen molar-refractivity contribution in [2.45, 2.75) is 44.7 Å². The molecule has 0 N–H and O–H groups in total. The molecule has 166 valence electrons. The van der Waals surface area contributed by atoms with Crippen molar-refractivity contribution in [3.8, 4) is 0 Å². The predicted molar refractivity (Wildman–Crippen MR) is 128 cm³/mol. The third kappa shape index (κ3) is 5.08. The van der Waals surface area contributed by atoms with Crippen LogP contribution in [0.2, 0.25) is 5.02 Å². The van der Waals surface area contributed by atoms with Crippen molar-refractivity contribution in [1.29, 1.82) is 0 Å². The van der Waals surface area contributed by atoms with E-state index in [0.717, 1.165) is 35.7 Å². The maximum absolute atomic E-state index is 12.8. The Hall–Kier alpha value is -2.57. The Bertz CT molecular complexity index is 1060. The van der Waals surface area contributed by atoms with E-state index in [-0.39, 0.29) is 23.6 Å². The Balaban J connectivity index is 1.44. The number of benzene rings is 2. The van der Waals surface area contributed by atoms with E-state index in [1.807, 2.05) is 30.1 Å². The van der Waals surface area contributed by atoms with Gasteiger partial charge in [-0.2, -0.15) is 0 Å². The van der Waals surface area contributed by atoms with Gasteiger partial charge in [0.25, 0.3) is 17.1 Å². The van der Waals surface area contributed by atoms with Crippen LogP contribution in [0.4, 0.5) is 4.79 Å². The molecule has 3 amide bonds. The van der Waals surface area contributed by atoms with Crippen molar-refractivity contribution in [1.82, 2.24) is 9.80 Å². The number of carbonyl (C=O) groups excluding carboxylic acids is 3. The van der Waals surface area contributed by atoms with E-state index in [0.29, 0.717) is 21.5 Å². The van der Waals surface area contributed by atoms with Crippen molar-refractivity contribution < 1.29 is 14.4 Å². The maximum Gasteiger partial charge on any atom is 0.293 e. The highest BCUT2D eigenvalue weighted by molar-refractivity contribution is 8.18. The van der Waals surface area contributed by atoms with E-state index >= 15 is 0 Å². The summed E-state index contributed by atoms with van der Waals surface area (Å²) in [5.41, 5.74) is 2.20. The van der Waals surface area contributed by atoms with Gasteiger partial charge in [-0.3, -0.25) is 19.3 Å². The van der Waals surface area contributed by atoms with Crippen LogP contribution < -0.4 is 0 Å². The normalized spacial score (nSPS) is 18.4. The van der Waals surface area contributed by atoms with Crippen LogP contribution >= 0.6 is 23.4 Å². The summed E-state index contributed by atoms with van der Waals surface area (Å²) in [6.07, 6.45) is 7.41. The first-order chi connectivity index (χ1) is 15.4. The van der Waals surface area contributed by atoms with E-state index in [1.165, 1.54) is 24.2 Å². The minimum atomic E-state index is -0.322. The molecule has 32 heavy (non-hydrogen) atoms. The third-order valence-electron chi connectivity index (χ3n) is 6.00. The first-order valence-corrected chi connectivity index (χ1v) is 12.0. The molecular weight excluding hydrogens is 444 g/mol. The molecule has 1 saturated carbocycles. The lowest BCUT2D eigenvalue weighted by atomic mass is 9.94. The molecule has 0 atom stereocenters. The topological polar surface area (TPSA) is 57.7 Å². The Kier molecular flexibility index (Phi) is 7.01. The highest BCUT2D eigenvalue weighted by Crippen LogP contribution is 2.33. The number of hydrogen-bond acceptors (Lipinski definition) is 4. The van der Waals surface area contributed by atoms with E-state index in [1.54, 1.807) is 36.4 Å². The van der Waals surface area contributed by atoms with Gasteiger partial charge in [0.1, 0.15) is 0 Å². The summed E-state index contributed by atoms with van der Waals surface area (Å²) >= 11 is 6.93. The summed E-state index contributed by atoms with van der Waals surface area (Å²) in [7, 11) is 1.88. The van der Waals surface area contributed by atoms with Crippen molar-refractivity contribution in [3.63, 3.8) is 0 Å². The number of thioether (sulfide) groups is 1. The van der Waals surface area contributed by atoms with E-state index in [2.05, 4.69) is 0 Å². The van der Waals surface area contributed by atoms with Crippen LogP contribution in [0.5, 0.6) is 0 Å². The number of hydrogen-bond donors (Lipinski definition) is 0. The zero-order valence-electron chi connectivity index (χ0n) is 17.9. The SMILES string of the molecule is CN(C(=O)c1ccc(C=C2SC(=O)N(Cc3cccc(Cl)c3)C2=O)cc1)C1CCCCC1. The number of amides is 3. The monoisotopic (exact) mass is 468 g/mol. The molecule has 0 unspecified atom stereocenters. The minimum Gasteiger partial charge on any atom is -0.339 e. The summed E-state index contributed by atoms with van der Waals surface area (Å²) in [6.45, 7) is 0.184. The Morgan fingerprint density at radius 2 is 1.84 bits per heavy atom. The number of rotatable bonds is 5. The molecule has 2 fully saturated rings. The maximum atomic E-state index is 12.8. The Morgan fingerprint density at radius 3 is 2.53 bits per heavy atom. The van der Waals surface area contributed by atoms with Gasteiger partial charge in [0, 0.05) is 23.7 Å². The molecule has 1 aliphatic heterocycles. The molecule has 1 heterocycles. The Morgan fingerprint density at radius 1 is 1.12 bits per heavy atom. The molecule has 0 aromatic heterocycles. The van der Waals surface area contributed by atoms with E-state index in [4.69, 9.17) is 11.6 Å². The van der Waals surface area contributed by atoms with Crippen molar-refractivity contribution in [2.75, 3.05) is 7.05 Å². The molecule has 0 spiro atoms. The summed E-state index contributed by atoms with van der Waals surface area (Å²) in [6, 6.07) is 14.6. The average Bonchev–Trinajstić information content (AvgIpc) is 3.06. The molecule has 2 aromatic carbocycles. The van der Waals surface area contributed by atoms with E-state index in [9.17, 15) is 14.4 Å². The lowest BCUT2D eigenvalue weighted by Gasteiger charge is -2.31. The second-order valence-corrected chi connectivity index (χ2v) is 9.66. The summed E-state index contributed by atoms with van der Waals surface area (Å²) in [5, 5.41) is 0.260. The third-order valence-corrected chi connectivity index (χ3v) is 7.14. The zero-order chi connectivity index (χ0) is 22.7. The lowest BCUT2D eigenvalue weighted by molar-refractivity contribution is -0.123.